The second kappa shape index (κ2) is 6.21. The van der Waals surface area contributed by atoms with E-state index in [4.69, 9.17) is 0 Å². The maximum atomic E-state index is 10.9. The van der Waals surface area contributed by atoms with Gasteiger partial charge >= 0.3 is 0 Å². The summed E-state index contributed by atoms with van der Waals surface area (Å²) in [6.07, 6.45) is 2.41. The van der Waals surface area contributed by atoms with Gasteiger partial charge < -0.3 is 9.90 Å². The van der Waals surface area contributed by atoms with Gasteiger partial charge in [0.2, 0.25) is 0 Å². The smallest absolute Gasteiger partial charge is 0.0715 e. The lowest BCUT2D eigenvalue weighted by atomic mass is 9.63. The molecule has 0 amide bonds. The third-order valence-electron chi connectivity index (χ3n) is 5.47. The second-order valence-corrected chi connectivity index (χ2v) is 9.46. The third kappa shape index (κ3) is 3.48. The van der Waals surface area contributed by atoms with Gasteiger partial charge in [-0.15, -0.1) is 0 Å². The lowest BCUT2D eigenvalue weighted by molar-refractivity contribution is -0.255. The van der Waals surface area contributed by atoms with E-state index in [9.17, 15) is 9.90 Å². The van der Waals surface area contributed by atoms with Crippen molar-refractivity contribution in [3.05, 3.63) is 58.7 Å². The van der Waals surface area contributed by atoms with E-state index in [1.54, 1.807) is 23.9 Å². The SMILES string of the molecule is Cc1cc2c(cc1Sc1ccc(C(=O)[O-])cc1)C(C)(C)CCC2(C)C. The Balaban J connectivity index is 1.99. The van der Waals surface area contributed by atoms with Gasteiger partial charge in [0.05, 0.1) is 5.97 Å². The van der Waals surface area contributed by atoms with Gasteiger partial charge in [0.25, 0.3) is 0 Å². The summed E-state index contributed by atoms with van der Waals surface area (Å²) in [5.74, 6) is -1.13. The van der Waals surface area contributed by atoms with Crippen LogP contribution in [0, 0.1) is 6.92 Å². The molecular formula is C22H25O2S-. The molecule has 0 aliphatic heterocycles. The van der Waals surface area contributed by atoms with Gasteiger partial charge in [0.15, 0.2) is 0 Å². The molecule has 0 radical (unpaired) electrons. The predicted molar refractivity (Wildman–Crippen MR) is 101 cm³/mol. The fourth-order valence-corrected chi connectivity index (χ4v) is 4.52. The van der Waals surface area contributed by atoms with Crippen LogP contribution in [0.1, 0.15) is 67.6 Å². The van der Waals surface area contributed by atoms with Crippen LogP contribution in [0.5, 0.6) is 0 Å². The summed E-state index contributed by atoms with van der Waals surface area (Å²) in [6.45, 7) is 11.5. The molecule has 0 saturated heterocycles. The van der Waals surface area contributed by atoms with Gasteiger partial charge in [-0.25, -0.2) is 0 Å². The van der Waals surface area contributed by atoms with Crippen molar-refractivity contribution in [3.8, 4) is 0 Å². The number of carboxylic acids is 1. The Morgan fingerprint density at radius 1 is 0.960 bits per heavy atom. The summed E-state index contributed by atoms with van der Waals surface area (Å²) >= 11 is 1.69. The largest absolute Gasteiger partial charge is 0.545 e. The number of carbonyl (C=O) groups is 1. The Morgan fingerprint density at radius 3 is 2.00 bits per heavy atom. The van der Waals surface area contributed by atoms with E-state index in [0.717, 1.165) is 4.90 Å². The Morgan fingerprint density at radius 2 is 1.48 bits per heavy atom. The number of fused-ring (bicyclic) bond motifs is 1. The summed E-state index contributed by atoms with van der Waals surface area (Å²) in [5.41, 5.74) is 4.82. The molecular weight excluding hydrogens is 328 g/mol. The number of benzene rings is 2. The molecule has 0 N–H and O–H groups in total. The van der Waals surface area contributed by atoms with Crippen LogP contribution in [-0.2, 0) is 10.8 Å². The zero-order valence-electron chi connectivity index (χ0n) is 15.6. The lowest BCUT2D eigenvalue weighted by Crippen LogP contribution is -2.34. The van der Waals surface area contributed by atoms with Crippen molar-refractivity contribution in [2.24, 2.45) is 0 Å². The number of carbonyl (C=O) groups excluding carboxylic acids is 1. The summed E-state index contributed by atoms with van der Waals surface area (Å²) in [4.78, 5) is 13.2. The highest BCUT2D eigenvalue weighted by Crippen LogP contribution is 2.48. The van der Waals surface area contributed by atoms with Gasteiger partial charge in [-0.05, 0) is 71.0 Å². The Labute approximate surface area is 154 Å². The van der Waals surface area contributed by atoms with Gasteiger partial charge in [0.1, 0.15) is 0 Å². The van der Waals surface area contributed by atoms with E-state index in [-0.39, 0.29) is 16.4 Å². The fourth-order valence-electron chi connectivity index (χ4n) is 3.60. The van der Waals surface area contributed by atoms with Crippen molar-refractivity contribution >= 4 is 17.7 Å². The minimum absolute atomic E-state index is 0.187. The molecule has 0 bridgehead atoms. The third-order valence-corrected chi connectivity index (χ3v) is 6.63. The van der Waals surface area contributed by atoms with Crippen LogP contribution in [0.3, 0.4) is 0 Å². The van der Waals surface area contributed by atoms with Crippen molar-refractivity contribution in [3.63, 3.8) is 0 Å². The average molecular weight is 354 g/mol. The van der Waals surface area contributed by atoms with E-state index >= 15 is 0 Å². The van der Waals surface area contributed by atoms with E-state index in [0.29, 0.717) is 0 Å². The molecule has 3 heteroatoms. The van der Waals surface area contributed by atoms with Crippen LogP contribution in [0.4, 0.5) is 0 Å². The van der Waals surface area contributed by atoms with Crippen molar-refractivity contribution in [2.75, 3.05) is 0 Å². The maximum Gasteiger partial charge on any atom is 0.0715 e. The molecule has 3 rings (SSSR count). The van der Waals surface area contributed by atoms with E-state index in [2.05, 4.69) is 46.8 Å². The molecule has 0 saturated carbocycles. The number of rotatable bonds is 3. The van der Waals surface area contributed by atoms with Gasteiger partial charge in [-0.2, -0.15) is 0 Å². The molecule has 0 atom stereocenters. The monoisotopic (exact) mass is 353 g/mol. The summed E-state index contributed by atoms with van der Waals surface area (Å²) in [7, 11) is 0. The standard InChI is InChI=1S/C22H26O2S/c1-14-12-17-18(22(4,5)11-10-21(17,2)3)13-19(14)25-16-8-6-15(7-9-16)20(23)24/h6-9,12-13H,10-11H2,1-5H3,(H,23,24)/p-1. The molecule has 132 valence electrons. The Hall–Kier alpha value is -1.74. The van der Waals surface area contributed by atoms with E-state index < -0.39 is 5.97 Å². The topological polar surface area (TPSA) is 40.1 Å². The molecule has 0 unspecified atom stereocenters. The zero-order valence-corrected chi connectivity index (χ0v) is 16.4. The lowest BCUT2D eigenvalue weighted by Gasteiger charge is -2.42. The molecule has 0 heterocycles. The number of aryl methyl sites for hydroxylation is 1. The quantitative estimate of drug-likeness (QED) is 0.791. The van der Waals surface area contributed by atoms with Crippen LogP contribution in [0.25, 0.3) is 0 Å². The minimum Gasteiger partial charge on any atom is -0.545 e. The van der Waals surface area contributed by atoms with Crippen LogP contribution in [0.15, 0.2) is 46.2 Å². The van der Waals surface area contributed by atoms with Crippen molar-refractivity contribution < 1.29 is 9.90 Å². The molecule has 0 fully saturated rings. The van der Waals surface area contributed by atoms with Crippen molar-refractivity contribution in [1.82, 2.24) is 0 Å². The second-order valence-electron chi connectivity index (χ2n) is 8.34. The first-order valence-electron chi connectivity index (χ1n) is 8.75. The molecule has 2 nitrogen and oxygen atoms in total. The van der Waals surface area contributed by atoms with Gasteiger partial charge in [-0.1, -0.05) is 57.7 Å². The number of carboxylic acid groups (broad SMARTS) is 1. The molecule has 1 aliphatic rings. The minimum atomic E-state index is -1.13. The normalized spacial score (nSPS) is 17.8. The number of hydrogen-bond acceptors (Lipinski definition) is 3. The highest BCUT2D eigenvalue weighted by Gasteiger charge is 2.37. The summed E-state index contributed by atoms with van der Waals surface area (Å²) in [5, 5.41) is 10.9. The number of aromatic carboxylic acids is 1. The van der Waals surface area contributed by atoms with Crippen LogP contribution in [-0.4, -0.2) is 5.97 Å². The fraction of sp³-hybridized carbons (Fsp3) is 0.409. The summed E-state index contributed by atoms with van der Waals surface area (Å²) in [6, 6.07) is 11.6. The van der Waals surface area contributed by atoms with Crippen LogP contribution < -0.4 is 5.11 Å². The molecule has 0 spiro atoms. The Kier molecular flexibility index (Phi) is 4.48. The molecule has 25 heavy (non-hydrogen) atoms. The highest BCUT2D eigenvalue weighted by atomic mass is 32.2. The van der Waals surface area contributed by atoms with Gasteiger partial charge in [0, 0.05) is 9.79 Å². The van der Waals surface area contributed by atoms with E-state index in [1.165, 1.54) is 34.4 Å². The molecule has 0 aromatic heterocycles. The summed E-state index contributed by atoms with van der Waals surface area (Å²) < 4.78 is 0. The van der Waals surface area contributed by atoms with Crippen molar-refractivity contribution in [1.29, 1.82) is 0 Å². The first-order chi connectivity index (χ1) is 11.6. The molecule has 1 aliphatic carbocycles. The van der Waals surface area contributed by atoms with Crippen LogP contribution in [0.2, 0.25) is 0 Å². The molecule has 2 aromatic carbocycles. The maximum absolute atomic E-state index is 10.9. The number of hydrogen-bond donors (Lipinski definition) is 0. The first-order valence-corrected chi connectivity index (χ1v) is 9.57. The van der Waals surface area contributed by atoms with Crippen LogP contribution >= 0.6 is 11.8 Å². The predicted octanol–water partition coefficient (Wildman–Crippen LogP) is 4.86. The average Bonchev–Trinajstić information content (AvgIpc) is 2.54. The Bertz CT molecular complexity index is 817. The van der Waals surface area contributed by atoms with Crippen molar-refractivity contribution in [2.45, 2.75) is 68.1 Å². The van der Waals surface area contributed by atoms with Gasteiger partial charge in [-0.3, -0.25) is 0 Å². The highest BCUT2D eigenvalue weighted by molar-refractivity contribution is 7.99. The zero-order chi connectivity index (χ0) is 18.4. The van der Waals surface area contributed by atoms with E-state index in [1.807, 2.05) is 12.1 Å². The molecule has 2 aromatic rings. The first kappa shape index (κ1) is 18.1.